The lowest BCUT2D eigenvalue weighted by molar-refractivity contribution is 0.437. The van der Waals surface area contributed by atoms with E-state index < -0.39 is 0 Å². The Kier molecular flexibility index (Phi) is 8.68. The van der Waals surface area contributed by atoms with E-state index >= 15 is 0 Å². The average Bonchev–Trinajstić information content (AvgIpc) is 3.70. The topological polar surface area (TPSA) is 37.0 Å². The standard InChI is InChI=1S/C32H39N3.C2H6/c1-9-31(7,8)35-24(5)26-11-10-12-27(20-26)30-22(3)14-16-29(34-30)33-25(6)32(17-18-32)28-15-13-21(2)23(4)19-28;1-2/h10-16,19-20,35H,5-6,9,17-18H2,1-4,7-8H3,(H,33,34);1-2H3. The van der Waals surface area contributed by atoms with E-state index in [9.17, 15) is 0 Å². The van der Waals surface area contributed by atoms with Crippen molar-refractivity contribution in [2.45, 2.75) is 85.6 Å². The molecule has 0 unspecified atom stereocenters. The Bertz CT molecular complexity index is 1280. The molecule has 1 saturated carbocycles. The van der Waals surface area contributed by atoms with E-state index in [0.717, 1.165) is 58.9 Å². The number of aryl methyl sites for hydroxylation is 3. The number of nitrogens with zero attached hydrogens (tertiary/aromatic N) is 1. The Balaban J connectivity index is 0.00000186. The van der Waals surface area contributed by atoms with E-state index in [1.54, 1.807) is 0 Å². The van der Waals surface area contributed by atoms with Crippen LogP contribution in [0.5, 0.6) is 0 Å². The summed E-state index contributed by atoms with van der Waals surface area (Å²) in [6, 6.07) is 19.4. The van der Waals surface area contributed by atoms with Gasteiger partial charge in [-0.05, 0) is 93.8 Å². The van der Waals surface area contributed by atoms with Crippen LogP contribution in [0, 0.1) is 20.8 Å². The van der Waals surface area contributed by atoms with Crippen molar-refractivity contribution in [3.63, 3.8) is 0 Å². The molecule has 3 nitrogen and oxygen atoms in total. The fraction of sp³-hybridized carbons (Fsp3) is 0.382. The molecule has 1 fully saturated rings. The molecule has 196 valence electrons. The molecule has 0 atom stereocenters. The number of nitrogens with one attached hydrogen (secondary N) is 2. The van der Waals surface area contributed by atoms with E-state index in [0.29, 0.717) is 0 Å². The highest BCUT2D eigenvalue weighted by molar-refractivity contribution is 5.72. The van der Waals surface area contributed by atoms with Crippen LogP contribution in [0.15, 0.2) is 73.5 Å². The highest BCUT2D eigenvalue weighted by Crippen LogP contribution is 2.53. The molecule has 0 bridgehead atoms. The van der Waals surface area contributed by atoms with Crippen LogP contribution in [0.25, 0.3) is 17.0 Å². The zero-order chi connectivity index (χ0) is 27.4. The number of allylic oxidation sites excluding steroid dienone is 1. The molecule has 0 spiro atoms. The van der Waals surface area contributed by atoms with Gasteiger partial charge in [0, 0.05) is 27.9 Å². The molecule has 1 aliphatic carbocycles. The minimum atomic E-state index is 0.000209. The number of hydrogen-bond acceptors (Lipinski definition) is 3. The first-order valence-corrected chi connectivity index (χ1v) is 13.6. The van der Waals surface area contributed by atoms with Gasteiger partial charge in [0.15, 0.2) is 0 Å². The van der Waals surface area contributed by atoms with E-state index in [2.05, 4.69) is 120 Å². The Hall–Kier alpha value is -3.33. The first-order chi connectivity index (χ1) is 17.5. The van der Waals surface area contributed by atoms with Gasteiger partial charge in [-0.2, -0.15) is 0 Å². The van der Waals surface area contributed by atoms with Crippen LogP contribution in [0.2, 0.25) is 0 Å². The van der Waals surface area contributed by atoms with Gasteiger partial charge in [0.05, 0.1) is 5.69 Å². The Morgan fingerprint density at radius 2 is 1.59 bits per heavy atom. The van der Waals surface area contributed by atoms with Crippen LogP contribution in [-0.4, -0.2) is 10.5 Å². The maximum Gasteiger partial charge on any atom is 0.130 e. The molecular formula is C34H45N3. The van der Waals surface area contributed by atoms with Gasteiger partial charge in [0.2, 0.25) is 0 Å². The number of hydrogen-bond donors (Lipinski definition) is 2. The number of benzene rings is 2. The summed E-state index contributed by atoms with van der Waals surface area (Å²) in [6.07, 6.45) is 3.25. The Labute approximate surface area is 225 Å². The first-order valence-electron chi connectivity index (χ1n) is 13.6. The third-order valence-electron chi connectivity index (χ3n) is 7.62. The molecule has 0 amide bonds. The average molecular weight is 496 g/mol. The summed E-state index contributed by atoms with van der Waals surface area (Å²) in [5.41, 5.74) is 10.2. The zero-order valence-electron chi connectivity index (χ0n) is 24.2. The Morgan fingerprint density at radius 1 is 0.919 bits per heavy atom. The molecule has 1 aromatic heterocycles. The van der Waals surface area contributed by atoms with E-state index in [1.165, 1.54) is 16.7 Å². The van der Waals surface area contributed by atoms with Gasteiger partial charge in [0.1, 0.15) is 5.82 Å². The van der Waals surface area contributed by atoms with Crippen LogP contribution in [-0.2, 0) is 5.41 Å². The molecule has 1 heterocycles. The monoisotopic (exact) mass is 495 g/mol. The third-order valence-corrected chi connectivity index (χ3v) is 7.62. The van der Waals surface area contributed by atoms with Crippen molar-refractivity contribution in [3.8, 4) is 11.3 Å². The minimum Gasteiger partial charge on any atom is -0.380 e. The summed E-state index contributed by atoms with van der Waals surface area (Å²) in [5, 5.41) is 7.12. The first kappa shape index (κ1) is 28.2. The maximum atomic E-state index is 5.02. The lowest BCUT2D eigenvalue weighted by atomic mass is 9.90. The van der Waals surface area contributed by atoms with Gasteiger partial charge in [-0.15, -0.1) is 0 Å². The number of anilines is 1. The van der Waals surface area contributed by atoms with E-state index in [1.807, 2.05) is 13.8 Å². The lowest BCUT2D eigenvalue weighted by Gasteiger charge is -2.27. The summed E-state index contributed by atoms with van der Waals surface area (Å²) < 4.78 is 0. The fourth-order valence-corrected chi connectivity index (χ4v) is 4.52. The second kappa shape index (κ2) is 11.4. The summed E-state index contributed by atoms with van der Waals surface area (Å²) >= 11 is 0. The Morgan fingerprint density at radius 3 is 2.22 bits per heavy atom. The number of pyridine rings is 1. The molecule has 0 aliphatic heterocycles. The third kappa shape index (κ3) is 6.33. The predicted octanol–water partition coefficient (Wildman–Crippen LogP) is 9.11. The molecule has 4 rings (SSSR count). The highest BCUT2D eigenvalue weighted by atomic mass is 15.0. The van der Waals surface area contributed by atoms with Crippen LogP contribution in [0.3, 0.4) is 0 Å². The molecular weight excluding hydrogens is 450 g/mol. The normalized spacial score (nSPS) is 13.7. The minimum absolute atomic E-state index is 0.000209. The van der Waals surface area contributed by atoms with E-state index in [4.69, 9.17) is 4.98 Å². The summed E-state index contributed by atoms with van der Waals surface area (Å²) in [6.45, 7) is 25.8. The molecule has 3 aromatic rings. The number of aromatic nitrogens is 1. The van der Waals surface area contributed by atoms with Crippen molar-refractivity contribution >= 4 is 11.5 Å². The molecule has 0 saturated heterocycles. The molecule has 1 aliphatic rings. The second-order valence-electron chi connectivity index (χ2n) is 10.8. The zero-order valence-corrected chi connectivity index (χ0v) is 24.2. The number of rotatable bonds is 9. The molecule has 0 radical (unpaired) electrons. The fourth-order valence-electron chi connectivity index (χ4n) is 4.52. The second-order valence-corrected chi connectivity index (χ2v) is 10.8. The summed E-state index contributed by atoms with van der Waals surface area (Å²) in [5.74, 6) is 0.833. The molecule has 37 heavy (non-hydrogen) atoms. The molecule has 2 N–H and O–H groups in total. The van der Waals surface area contributed by atoms with Gasteiger partial charge in [-0.3, -0.25) is 0 Å². The van der Waals surface area contributed by atoms with Crippen LogP contribution in [0.1, 0.15) is 81.7 Å². The maximum absolute atomic E-state index is 5.02. The van der Waals surface area contributed by atoms with Gasteiger partial charge < -0.3 is 10.6 Å². The van der Waals surface area contributed by atoms with Gasteiger partial charge in [-0.1, -0.05) is 76.4 Å². The lowest BCUT2D eigenvalue weighted by Crippen LogP contribution is -2.36. The predicted molar refractivity (Wildman–Crippen MR) is 162 cm³/mol. The van der Waals surface area contributed by atoms with Crippen molar-refractivity contribution in [2.24, 2.45) is 0 Å². The molecule has 3 heteroatoms. The van der Waals surface area contributed by atoms with Crippen molar-refractivity contribution in [2.75, 3.05) is 5.32 Å². The largest absolute Gasteiger partial charge is 0.380 e. The smallest absolute Gasteiger partial charge is 0.130 e. The van der Waals surface area contributed by atoms with Crippen molar-refractivity contribution in [3.05, 3.63) is 101 Å². The highest BCUT2D eigenvalue weighted by Gasteiger charge is 2.47. The summed E-state index contributed by atoms with van der Waals surface area (Å²) in [4.78, 5) is 5.02. The van der Waals surface area contributed by atoms with Gasteiger partial charge in [-0.25, -0.2) is 4.98 Å². The molecule has 2 aromatic carbocycles. The van der Waals surface area contributed by atoms with Crippen LogP contribution in [0.4, 0.5) is 5.82 Å². The van der Waals surface area contributed by atoms with Gasteiger partial charge in [0.25, 0.3) is 0 Å². The van der Waals surface area contributed by atoms with Crippen molar-refractivity contribution in [1.29, 1.82) is 0 Å². The quantitative estimate of drug-likeness (QED) is 0.311. The van der Waals surface area contributed by atoms with Gasteiger partial charge >= 0.3 is 0 Å². The van der Waals surface area contributed by atoms with E-state index in [-0.39, 0.29) is 11.0 Å². The SMILES string of the molecule is C=C(NC(C)(C)CC)c1cccc(-c2nc(NC(=C)C3(c4ccc(C)c(C)c4)CC3)ccc2C)c1.CC. The van der Waals surface area contributed by atoms with Crippen LogP contribution >= 0.6 is 0 Å². The van der Waals surface area contributed by atoms with Crippen molar-refractivity contribution < 1.29 is 0 Å². The summed E-state index contributed by atoms with van der Waals surface area (Å²) in [7, 11) is 0. The van der Waals surface area contributed by atoms with Crippen molar-refractivity contribution in [1.82, 2.24) is 10.3 Å². The van der Waals surface area contributed by atoms with Crippen LogP contribution < -0.4 is 10.6 Å².